The summed E-state index contributed by atoms with van der Waals surface area (Å²) in [5.74, 6) is -0.136. The van der Waals surface area contributed by atoms with E-state index in [9.17, 15) is 4.39 Å². The van der Waals surface area contributed by atoms with Crippen LogP contribution in [-0.4, -0.2) is 6.54 Å². The molecule has 2 aromatic rings. The predicted molar refractivity (Wildman–Crippen MR) is 71.1 cm³/mol. The van der Waals surface area contributed by atoms with Crippen molar-refractivity contribution in [1.29, 1.82) is 0 Å². The number of hydrogen-bond acceptors (Lipinski definition) is 1. The smallest absolute Gasteiger partial charge is 0.126 e. The lowest BCUT2D eigenvalue weighted by atomic mass is 9.89. The van der Waals surface area contributed by atoms with Crippen LogP contribution >= 0.6 is 0 Å². The third kappa shape index (κ3) is 1.93. The average Bonchev–Trinajstić information content (AvgIpc) is 2.41. The molecule has 1 aliphatic heterocycles. The van der Waals surface area contributed by atoms with Gasteiger partial charge in [-0.25, -0.2) is 4.39 Å². The molecule has 1 N–H and O–H groups in total. The van der Waals surface area contributed by atoms with Gasteiger partial charge >= 0.3 is 0 Å². The standard InChI is InChI=1S/C16H16FN/c1-11-10-13(6-7-15(11)17)16-14-5-3-2-4-12(14)8-9-18-16/h2-7,10,16,18H,8-9H2,1H3. The maximum atomic E-state index is 13.3. The topological polar surface area (TPSA) is 12.0 Å². The first-order valence-electron chi connectivity index (χ1n) is 6.33. The summed E-state index contributed by atoms with van der Waals surface area (Å²) >= 11 is 0. The van der Waals surface area contributed by atoms with Gasteiger partial charge in [0.15, 0.2) is 0 Å². The van der Waals surface area contributed by atoms with Crippen molar-refractivity contribution in [2.75, 3.05) is 6.54 Å². The monoisotopic (exact) mass is 241 g/mol. The molecule has 0 fully saturated rings. The van der Waals surface area contributed by atoms with Crippen LogP contribution in [0.1, 0.15) is 28.3 Å². The van der Waals surface area contributed by atoms with Crippen molar-refractivity contribution in [3.05, 3.63) is 70.5 Å². The Balaban J connectivity index is 2.05. The highest BCUT2D eigenvalue weighted by Crippen LogP contribution is 2.29. The molecule has 92 valence electrons. The van der Waals surface area contributed by atoms with Crippen LogP contribution in [-0.2, 0) is 6.42 Å². The lowest BCUT2D eigenvalue weighted by Crippen LogP contribution is -2.30. The molecule has 3 rings (SSSR count). The molecule has 0 radical (unpaired) electrons. The largest absolute Gasteiger partial charge is 0.306 e. The minimum Gasteiger partial charge on any atom is -0.306 e. The van der Waals surface area contributed by atoms with Crippen LogP contribution in [0.25, 0.3) is 0 Å². The molecule has 0 bridgehead atoms. The van der Waals surface area contributed by atoms with E-state index in [0.717, 1.165) is 18.5 Å². The van der Waals surface area contributed by atoms with E-state index in [0.29, 0.717) is 5.56 Å². The Morgan fingerprint density at radius 3 is 2.83 bits per heavy atom. The maximum Gasteiger partial charge on any atom is 0.126 e. The summed E-state index contributed by atoms with van der Waals surface area (Å²) in [6.45, 7) is 2.78. The molecule has 1 aliphatic rings. The first kappa shape index (κ1) is 11.4. The summed E-state index contributed by atoms with van der Waals surface area (Å²) in [4.78, 5) is 0. The van der Waals surface area contributed by atoms with Gasteiger partial charge in [0.25, 0.3) is 0 Å². The van der Waals surface area contributed by atoms with Gasteiger partial charge in [-0.05, 0) is 41.7 Å². The second-order valence-corrected chi connectivity index (χ2v) is 4.84. The Hall–Kier alpha value is -1.67. The van der Waals surface area contributed by atoms with Gasteiger partial charge in [0.1, 0.15) is 5.82 Å². The normalized spacial score (nSPS) is 18.4. The first-order chi connectivity index (χ1) is 8.75. The molecule has 0 saturated heterocycles. The fourth-order valence-electron chi connectivity index (χ4n) is 2.65. The zero-order valence-corrected chi connectivity index (χ0v) is 10.4. The lowest BCUT2D eigenvalue weighted by Gasteiger charge is -2.27. The molecule has 1 atom stereocenters. The van der Waals surface area contributed by atoms with Crippen molar-refractivity contribution in [1.82, 2.24) is 5.32 Å². The summed E-state index contributed by atoms with van der Waals surface area (Å²) in [7, 11) is 0. The van der Waals surface area contributed by atoms with Crippen LogP contribution < -0.4 is 5.32 Å². The van der Waals surface area contributed by atoms with Gasteiger partial charge < -0.3 is 5.32 Å². The molecule has 0 aromatic heterocycles. The Labute approximate surface area is 107 Å². The zero-order valence-electron chi connectivity index (χ0n) is 10.4. The van der Waals surface area contributed by atoms with E-state index in [1.807, 2.05) is 19.1 Å². The molecule has 0 spiro atoms. The summed E-state index contributed by atoms with van der Waals surface area (Å²) in [6.07, 6.45) is 1.06. The van der Waals surface area contributed by atoms with E-state index >= 15 is 0 Å². The fourth-order valence-corrected chi connectivity index (χ4v) is 2.65. The second-order valence-electron chi connectivity index (χ2n) is 4.84. The molecule has 1 nitrogen and oxygen atoms in total. The molecular weight excluding hydrogens is 225 g/mol. The minimum atomic E-state index is -0.136. The number of hydrogen-bond donors (Lipinski definition) is 1. The number of nitrogens with one attached hydrogen (secondary N) is 1. The van der Waals surface area contributed by atoms with Crippen molar-refractivity contribution in [2.45, 2.75) is 19.4 Å². The van der Waals surface area contributed by atoms with Crippen molar-refractivity contribution in [3.63, 3.8) is 0 Å². The van der Waals surface area contributed by atoms with Gasteiger partial charge in [0.05, 0.1) is 6.04 Å². The molecule has 18 heavy (non-hydrogen) atoms. The summed E-state index contributed by atoms with van der Waals surface area (Å²) in [5, 5.41) is 3.52. The van der Waals surface area contributed by atoms with Gasteiger partial charge in [0, 0.05) is 6.54 Å². The molecule has 2 aromatic carbocycles. The number of halogens is 1. The number of rotatable bonds is 1. The molecule has 0 aliphatic carbocycles. The second kappa shape index (κ2) is 4.54. The molecule has 0 saturated carbocycles. The van der Waals surface area contributed by atoms with Crippen LogP contribution in [0.4, 0.5) is 4.39 Å². The van der Waals surface area contributed by atoms with Crippen molar-refractivity contribution in [3.8, 4) is 0 Å². The van der Waals surface area contributed by atoms with Gasteiger partial charge in [-0.15, -0.1) is 0 Å². The number of benzene rings is 2. The van der Waals surface area contributed by atoms with Gasteiger partial charge in [-0.2, -0.15) is 0 Å². The highest BCUT2D eigenvalue weighted by molar-refractivity contribution is 5.40. The summed E-state index contributed by atoms with van der Waals surface area (Å²) < 4.78 is 13.3. The lowest BCUT2D eigenvalue weighted by molar-refractivity contribution is 0.564. The predicted octanol–water partition coefficient (Wildman–Crippen LogP) is 3.37. The van der Waals surface area contributed by atoms with E-state index in [4.69, 9.17) is 0 Å². The van der Waals surface area contributed by atoms with Crippen molar-refractivity contribution >= 4 is 0 Å². The third-order valence-corrected chi connectivity index (χ3v) is 3.62. The SMILES string of the molecule is Cc1cc(C2NCCc3ccccc32)ccc1F. The number of fused-ring (bicyclic) bond motifs is 1. The Kier molecular flexibility index (Phi) is 2.88. The Bertz CT molecular complexity index is 577. The van der Waals surface area contributed by atoms with E-state index in [1.54, 1.807) is 6.07 Å². The quantitative estimate of drug-likeness (QED) is 0.807. The number of aryl methyl sites for hydroxylation is 1. The van der Waals surface area contributed by atoms with Gasteiger partial charge in [-0.3, -0.25) is 0 Å². The van der Waals surface area contributed by atoms with Crippen molar-refractivity contribution in [2.24, 2.45) is 0 Å². The van der Waals surface area contributed by atoms with Crippen LogP contribution in [0.3, 0.4) is 0 Å². The van der Waals surface area contributed by atoms with E-state index in [-0.39, 0.29) is 11.9 Å². The van der Waals surface area contributed by atoms with Crippen LogP contribution in [0, 0.1) is 12.7 Å². The molecule has 1 heterocycles. The van der Waals surface area contributed by atoms with Crippen molar-refractivity contribution < 1.29 is 4.39 Å². The van der Waals surface area contributed by atoms with E-state index in [1.165, 1.54) is 11.1 Å². The first-order valence-corrected chi connectivity index (χ1v) is 6.33. The van der Waals surface area contributed by atoms with Gasteiger partial charge in [0.2, 0.25) is 0 Å². The Morgan fingerprint density at radius 2 is 2.00 bits per heavy atom. The molecule has 2 heteroatoms. The third-order valence-electron chi connectivity index (χ3n) is 3.62. The molecule has 1 unspecified atom stereocenters. The highest BCUT2D eigenvalue weighted by Gasteiger charge is 2.20. The maximum absolute atomic E-state index is 13.3. The highest BCUT2D eigenvalue weighted by atomic mass is 19.1. The van der Waals surface area contributed by atoms with Crippen LogP contribution in [0.5, 0.6) is 0 Å². The summed E-state index contributed by atoms with van der Waals surface area (Å²) in [6, 6.07) is 14.0. The van der Waals surface area contributed by atoms with Crippen LogP contribution in [0.2, 0.25) is 0 Å². The van der Waals surface area contributed by atoms with Crippen LogP contribution in [0.15, 0.2) is 42.5 Å². The molecule has 0 amide bonds. The summed E-state index contributed by atoms with van der Waals surface area (Å²) in [5.41, 5.74) is 4.55. The van der Waals surface area contributed by atoms with E-state index < -0.39 is 0 Å². The van der Waals surface area contributed by atoms with E-state index in [2.05, 4.69) is 29.6 Å². The van der Waals surface area contributed by atoms with Gasteiger partial charge in [-0.1, -0.05) is 36.4 Å². The zero-order chi connectivity index (χ0) is 12.5. The molecular formula is C16H16FN. The Morgan fingerprint density at radius 1 is 1.17 bits per heavy atom. The minimum absolute atomic E-state index is 0.136. The average molecular weight is 241 g/mol. The fraction of sp³-hybridized carbons (Fsp3) is 0.250.